The lowest BCUT2D eigenvalue weighted by atomic mass is 10.1. The number of aliphatic hydroxyl groups is 2. The number of hydrogen-bond acceptors (Lipinski definition) is 4. The Kier molecular flexibility index (Phi) is 1.63. The molecule has 0 saturated carbocycles. The Bertz CT molecular complexity index is 156. The fourth-order valence-electron chi connectivity index (χ4n) is 0.832. The van der Waals surface area contributed by atoms with Crippen LogP contribution in [0, 0.1) is 0 Å². The molecule has 5 heteroatoms. The molecule has 0 spiro atoms. The highest BCUT2D eigenvalue weighted by atomic mass is 16.6. The van der Waals surface area contributed by atoms with Crippen LogP contribution in [0.3, 0.4) is 0 Å². The number of hydrogen-bond donors (Lipinski definition) is 3. The Labute approximate surface area is 57.4 Å². The molecule has 0 aliphatic carbocycles. The van der Waals surface area contributed by atoms with Gasteiger partial charge in [-0.25, -0.2) is 0 Å². The standard InChI is InChI=1S/C5H9NO4/c6-4(7)3-1-5(8,9)2-10-3/h3,8-9H,1-2H2,(H2,6,7). The third-order valence-corrected chi connectivity index (χ3v) is 1.35. The van der Waals surface area contributed by atoms with Gasteiger partial charge in [0.2, 0.25) is 5.91 Å². The first-order valence-corrected chi connectivity index (χ1v) is 2.87. The molecule has 1 heterocycles. The van der Waals surface area contributed by atoms with Crippen molar-refractivity contribution in [2.24, 2.45) is 5.73 Å². The average Bonchev–Trinajstić information content (AvgIpc) is 2.10. The molecule has 5 nitrogen and oxygen atoms in total. The summed E-state index contributed by atoms with van der Waals surface area (Å²) < 4.78 is 4.66. The maximum absolute atomic E-state index is 10.4. The van der Waals surface area contributed by atoms with Crippen molar-refractivity contribution >= 4 is 5.91 Å². The van der Waals surface area contributed by atoms with Crippen LogP contribution in [0.25, 0.3) is 0 Å². The molecule has 1 rings (SSSR count). The molecule has 4 N–H and O–H groups in total. The molecule has 1 saturated heterocycles. The fraction of sp³-hybridized carbons (Fsp3) is 0.800. The quantitative estimate of drug-likeness (QED) is 0.372. The van der Waals surface area contributed by atoms with E-state index >= 15 is 0 Å². The van der Waals surface area contributed by atoms with Gasteiger partial charge in [0.25, 0.3) is 0 Å². The molecular formula is C5H9NO4. The molecule has 0 radical (unpaired) electrons. The van der Waals surface area contributed by atoms with Crippen molar-refractivity contribution in [1.82, 2.24) is 0 Å². The van der Waals surface area contributed by atoms with Crippen LogP contribution < -0.4 is 5.73 Å². The van der Waals surface area contributed by atoms with Crippen LogP contribution in [-0.4, -0.2) is 34.6 Å². The van der Waals surface area contributed by atoms with Gasteiger partial charge < -0.3 is 20.7 Å². The van der Waals surface area contributed by atoms with Crippen molar-refractivity contribution in [3.05, 3.63) is 0 Å². The Hall–Kier alpha value is -0.650. The van der Waals surface area contributed by atoms with Gasteiger partial charge in [0.05, 0.1) is 0 Å². The number of ether oxygens (including phenoxy) is 1. The predicted molar refractivity (Wildman–Crippen MR) is 30.7 cm³/mol. The summed E-state index contributed by atoms with van der Waals surface area (Å²) in [5.74, 6) is -2.54. The monoisotopic (exact) mass is 147 g/mol. The van der Waals surface area contributed by atoms with E-state index < -0.39 is 17.8 Å². The van der Waals surface area contributed by atoms with E-state index in [0.29, 0.717) is 0 Å². The molecule has 1 atom stereocenters. The van der Waals surface area contributed by atoms with Gasteiger partial charge in [-0.3, -0.25) is 4.79 Å². The van der Waals surface area contributed by atoms with E-state index in [2.05, 4.69) is 4.74 Å². The molecular weight excluding hydrogens is 138 g/mol. The van der Waals surface area contributed by atoms with Crippen molar-refractivity contribution in [3.8, 4) is 0 Å². The molecule has 0 aromatic rings. The molecule has 1 amide bonds. The zero-order chi connectivity index (χ0) is 7.78. The van der Waals surface area contributed by atoms with E-state index in [9.17, 15) is 4.79 Å². The minimum atomic E-state index is -1.88. The Morgan fingerprint density at radius 2 is 2.30 bits per heavy atom. The molecule has 10 heavy (non-hydrogen) atoms. The molecule has 1 aliphatic heterocycles. The highest BCUT2D eigenvalue weighted by Gasteiger charge is 2.38. The van der Waals surface area contributed by atoms with Crippen LogP contribution in [0.15, 0.2) is 0 Å². The molecule has 0 aromatic carbocycles. The van der Waals surface area contributed by atoms with Crippen LogP contribution in [0.1, 0.15) is 6.42 Å². The lowest BCUT2D eigenvalue weighted by Crippen LogP contribution is -2.31. The maximum atomic E-state index is 10.4. The predicted octanol–water partition coefficient (Wildman–Crippen LogP) is -2.06. The zero-order valence-electron chi connectivity index (χ0n) is 5.28. The van der Waals surface area contributed by atoms with E-state index in [-0.39, 0.29) is 13.0 Å². The largest absolute Gasteiger partial charge is 0.367 e. The van der Waals surface area contributed by atoms with E-state index in [1.165, 1.54) is 0 Å². The first-order chi connectivity index (χ1) is 4.51. The van der Waals surface area contributed by atoms with Crippen molar-refractivity contribution in [1.29, 1.82) is 0 Å². The highest BCUT2D eigenvalue weighted by Crippen LogP contribution is 2.20. The van der Waals surface area contributed by atoms with Crippen LogP contribution in [0.2, 0.25) is 0 Å². The number of nitrogens with two attached hydrogens (primary N) is 1. The third-order valence-electron chi connectivity index (χ3n) is 1.35. The second-order valence-electron chi connectivity index (χ2n) is 2.39. The summed E-state index contributed by atoms with van der Waals surface area (Å²) in [6.45, 7) is -0.249. The summed E-state index contributed by atoms with van der Waals surface area (Å²) in [6.07, 6.45) is -0.988. The summed E-state index contributed by atoms with van der Waals surface area (Å²) in [4.78, 5) is 10.4. The molecule has 0 aromatic heterocycles. The summed E-state index contributed by atoms with van der Waals surface area (Å²) >= 11 is 0. The Morgan fingerprint density at radius 1 is 1.70 bits per heavy atom. The smallest absolute Gasteiger partial charge is 0.246 e. The maximum Gasteiger partial charge on any atom is 0.246 e. The fourth-order valence-corrected chi connectivity index (χ4v) is 0.832. The normalized spacial score (nSPS) is 30.4. The van der Waals surface area contributed by atoms with Crippen LogP contribution in [-0.2, 0) is 9.53 Å². The van der Waals surface area contributed by atoms with Gasteiger partial charge in [0.15, 0.2) is 5.79 Å². The van der Waals surface area contributed by atoms with Gasteiger partial charge in [-0.05, 0) is 0 Å². The number of primary amides is 1. The van der Waals surface area contributed by atoms with Gasteiger partial charge in [0.1, 0.15) is 12.7 Å². The summed E-state index contributed by atoms with van der Waals surface area (Å²) in [5, 5.41) is 17.7. The van der Waals surface area contributed by atoms with Crippen molar-refractivity contribution in [2.75, 3.05) is 6.61 Å². The number of carbonyl (C=O) groups is 1. The number of amides is 1. The van der Waals surface area contributed by atoms with E-state index in [1.807, 2.05) is 0 Å². The molecule has 1 aliphatic rings. The SMILES string of the molecule is NC(=O)C1CC(O)(O)CO1. The minimum absolute atomic E-state index is 0.137. The van der Waals surface area contributed by atoms with Crippen molar-refractivity contribution < 1.29 is 19.7 Å². The lowest BCUT2D eigenvalue weighted by molar-refractivity contribution is -0.156. The number of rotatable bonds is 1. The topological polar surface area (TPSA) is 92.8 Å². The molecule has 0 bridgehead atoms. The highest BCUT2D eigenvalue weighted by molar-refractivity contribution is 5.79. The third kappa shape index (κ3) is 1.44. The average molecular weight is 147 g/mol. The summed E-state index contributed by atoms with van der Waals surface area (Å²) in [6, 6.07) is 0. The van der Waals surface area contributed by atoms with Gasteiger partial charge in [-0.15, -0.1) is 0 Å². The van der Waals surface area contributed by atoms with Crippen LogP contribution >= 0.6 is 0 Å². The van der Waals surface area contributed by atoms with E-state index in [0.717, 1.165) is 0 Å². The van der Waals surface area contributed by atoms with Gasteiger partial charge in [0, 0.05) is 6.42 Å². The van der Waals surface area contributed by atoms with Gasteiger partial charge in [-0.2, -0.15) is 0 Å². The molecule has 58 valence electrons. The van der Waals surface area contributed by atoms with Crippen LogP contribution in [0.4, 0.5) is 0 Å². The summed E-state index contributed by atoms with van der Waals surface area (Å²) in [7, 11) is 0. The minimum Gasteiger partial charge on any atom is -0.367 e. The van der Waals surface area contributed by atoms with Crippen LogP contribution in [0.5, 0.6) is 0 Å². The van der Waals surface area contributed by atoms with Gasteiger partial charge >= 0.3 is 0 Å². The van der Waals surface area contributed by atoms with Crippen molar-refractivity contribution in [2.45, 2.75) is 18.3 Å². The Morgan fingerprint density at radius 3 is 2.50 bits per heavy atom. The molecule has 1 fully saturated rings. The second-order valence-corrected chi connectivity index (χ2v) is 2.39. The van der Waals surface area contributed by atoms with E-state index in [4.69, 9.17) is 15.9 Å². The Balaban J connectivity index is 2.51. The molecule has 1 unspecified atom stereocenters. The number of carbonyl (C=O) groups excluding carboxylic acids is 1. The second kappa shape index (κ2) is 2.19. The first-order valence-electron chi connectivity index (χ1n) is 2.87. The first kappa shape index (κ1) is 7.46. The lowest BCUT2D eigenvalue weighted by Gasteiger charge is -2.09. The van der Waals surface area contributed by atoms with Crippen molar-refractivity contribution in [3.63, 3.8) is 0 Å². The summed E-state index contributed by atoms with van der Waals surface area (Å²) in [5.41, 5.74) is 4.83. The zero-order valence-corrected chi connectivity index (χ0v) is 5.28. The van der Waals surface area contributed by atoms with Gasteiger partial charge in [-0.1, -0.05) is 0 Å². The van der Waals surface area contributed by atoms with E-state index in [1.54, 1.807) is 0 Å².